The van der Waals surface area contributed by atoms with Gasteiger partial charge in [-0.25, -0.2) is 9.50 Å². The monoisotopic (exact) mass is 354 g/mol. The summed E-state index contributed by atoms with van der Waals surface area (Å²) in [6.07, 6.45) is 2.21. The summed E-state index contributed by atoms with van der Waals surface area (Å²) >= 11 is 0. The summed E-state index contributed by atoms with van der Waals surface area (Å²) < 4.78 is 11.9. The van der Waals surface area contributed by atoms with Crippen molar-refractivity contribution in [3.8, 4) is 11.5 Å². The fourth-order valence-corrected chi connectivity index (χ4v) is 3.20. The summed E-state index contributed by atoms with van der Waals surface area (Å²) in [5.74, 6) is 0.906. The molecule has 1 amide bonds. The Kier molecular flexibility index (Phi) is 3.87. The molecule has 1 aliphatic heterocycles. The second-order valence-electron chi connectivity index (χ2n) is 6.08. The lowest BCUT2D eigenvalue weighted by Crippen LogP contribution is -2.40. The van der Waals surface area contributed by atoms with Crippen molar-refractivity contribution in [1.29, 1.82) is 0 Å². The molecule has 0 bridgehead atoms. The number of aromatic nitrogens is 3. The zero-order chi connectivity index (χ0) is 18.3. The summed E-state index contributed by atoms with van der Waals surface area (Å²) in [7, 11) is 3.07. The Labute approximate surface area is 149 Å². The molecule has 1 aliphatic rings. The van der Waals surface area contributed by atoms with Gasteiger partial charge < -0.3 is 14.4 Å². The van der Waals surface area contributed by atoms with Gasteiger partial charge in [0.25, 0.3) is 11.5 Å². The summed E-state index contributed by atoms with van der Waals surface area (Å²) in [6, 6.07) is 6.79. The number of ether oxygens (including phenoxy) is 2. The standard InChI is InChI=1S/C18H18N4O4/c1-25-12-7-11(8-13(9-12)26-2)17(23)21-6-4-15-14(10-21)18(24)22-16(20-15)3-5-19-22/h3,5,7-9,19H,4,6,10H2,1-2H3. The zero-order valence-electron chi connectivity index (χ0n) is 14.5. The summed E-state index contributed by atoms with van der Waals surface area (Å²) in [6.45, 7) is 0.722. The predicted molar refractivity (Wildman–Crippen MR) is 93.8 cm³/mol. The van der Waals surface area contributed by atoms with Crippen molar-refractivity contribution in [3.63, 3.8) is 0 Å². The maximum absolute atomic E-state index is 12.9. The SMILES string of the molecule is COc1cc(OC)cc(C(=O)N2CCc3nc4cc[nH]n4c(=O)c3C2)c1. The summed E-state index contributed by atoms with van der Waals surface area (Å²) in [4.78, 5) is 31.8. The molecule has 26 heavy (non-hydrogen) atoms. The highest BCUT2D eigenvalue weighted by atomic mass is 16.5. The number of hydrogen-bond acceptors (Lipinski definition) is 5. The molecule has 0 radical (unpaired) electrons. The van der Waals surface area contributed by atoms with Crippen LogP contribution in [0.5, 0.6) is 11.5 Å². The molecule has 2 aromatic heterocycles. The van der Waals surface area contributed by atoms with Gasteiger partial charge >= 0.3 is 0 Å². The number of benzene rings is 1. The Morgan fingerprint density at radius 3 is 2.62 bits per heavy atom. The van der Waals surface area contributed by atoms with Gasteiger partial charge in [-0.15, -0.1) is 0 Å². The van der Waals surface area contributed by atoms with Crippen LogP contribution in [0.2, 0.25) is 0 Å². The molecule has 0 atom stereocenters. The molecule has 1 N–H and O–H groups in total. The van der Waals surface area contributed by atoms with Crippen LogP contribution in [0.1, 0.15) is 21.6 Å². The van der Waals surface area contributed by atoms with E-state index in [2.05, 4.69) is 10.1 Å². The number of nitrogens with one attached hydrogen (secondary N) is 1. The van der Waals surface area contributed by atoms with E-state index in [0.717, 1.165) is 5.69 Å². The first kappa shape index (κ1) is 16.2. The third kappa shape index (κ3) is 2.59. The van der Waals surface area contributed by atoms with Crippen LogP contribution in [0.25, 0.3) is 5.65 Å². The van der Waals surface area contributed by atoms with Crippen LogP contribution in [-0.2, 0) is 13.0 Å². The highest BCUT2D eigenvalue weighted by Crippen LogP contribution is 2.25. The van der Waals surface area contributed by atoms with Crippen molar-refractivity contribution in [2.75, 3.05) is 20.8 Å². The maximum Gasteiger partial charge on any atom is 0.277 e. The summed E-state index contributed by atoms with van der Waals surface area (Å²) in [5.41, 5.74) is 2.17. The molecule has 3 heterocycles. The molecule has 8 nitrogen and oxygen atoms in total. The van der Waals surface area contributed by atoms with E-state index in [-0.39, 0.29) is 18.0 Å². The first-order valence-corrected chi connectivity index (χ1v) is 8.21. The maximum atomic E-state index is 12.9. The van der Waals surface area contributed by atoms with Crippen LogP contribution in [-0.4, -0.2) is 46.2 Å². The lowest BCUT2D eigenvalue weighted by atomic mass is 10.1. The van der Waals surface area contributed by atoms with Gasteiger partial charge in [-0.3, -0.25) is 14.7 Å². The smallest absolute Gasteiger partial charge is 0.277 e. The van der Waals surface area contributed by atoms with Crippen LogP contribution in [0, 0.1) is 0 Å². The van der Waals surface area contributed by atoms with Crippen LogP contribution < -0.4 is 15.0 Å². The van der Waals surface area contributed by atoms with Crippen molar-refractivity contribution < 1.29 is 14.3 Å². The Balaban J connectivity index is 1.68. The van der Waals surface area contributed by atoms with E-state index in [1.165, 1.54) is 18.7 Å². The Morgan fingerprint density at radius 1 is 1.19 bits per heavy atom. The van der Waals surface area contributed by atoms with Gasteiger partial charge in [0.1, 0.15) is 11.5 Å². The number of H-pyrrole nitrogens is 1. The molecule has 0 aliphatic carbocycles. The third-order valence-corrected chi connectivity index (χ3v) is 4.58. The lowest BCUT2D eigenvalue weighted by molar-refractivity contribution is 0.0731. The lowest BCUT2D eigenvalue weighted by Gasteiger charge is -2.28. The topological polar surface area (TPSA) is 88.9 Å². The van der Waals surface area contributed by atoms with Crippen LogP contribution in [0.4, 0.5) is 0 Å². The highest BCUT2D eigenvalue weighted by molar-refractivity contribution is 5.95. The van der Waals surface area contributed by atoms with Crippen molar-refractivity contribution >= 4 is 11.6 Å². The number of carbonyl (C=O) groups is 1. The number of aromatic amines is 1. The Morgan fingerprint density at radius 2 is 1.92 bits per heavy atom. The quantitative estimate of drug-likeness (QED) is 0.764. The van der Waals surface area contributed by atoms with Gasteiger partial charge in [-0.05, 0) is 12.1 Å². The van der Waals surface area contributed by atoms with Gasteiger partial charge in [0.2, 0.25) is 0 Å². The number of nitrogens with zero attached hydrogens (tertiary/aromatic N) is 3. The van der Waals surface area contributed by atoms with E-state index >= 15 is 0 Å². The molecule has 3 aromatic rings. The van der Waals surface area contributed by atoms with E-state index in [1.54, 1.807) is 35.4 Å². The zero-order valence-corrected chi connectivity index (χ0v) is 14.5. The van der Waals surface area contributed by atoms with Gasteiger partial charge in [-0.2, -0.15) is 0 Å². The molecule has 0 spiro atoms. The van der Waals surface area contributed by atoms with Crippen LogP contribution in [0.3, 0.4) is 0 Å². The fourth-order valence-electron chi connectivity index (χ4n) is 3.20. The Bertz CT molecular complexity index is 1030. The average molecular weight is 354 g/mol. The van der Waals surface area contributed by atoms with Crippen molar-refractivity contribution in [2.24, 2.45) is 0 Å². The van der Waals surface area contributed by atoms with E-state index in [0.29, 0.717) is 41.2 Å². The van der Waals surface area contributed by atoms with Gasteiger partial charge in [0.05, 0.1) is 32.0 Å². The first-order chi connectivity index (χ1) is 12.6. The van der Waals surface area contributed by atoms with Crippen molar-refractivity contribution in [2.45, 2.75) is 13.0 Å². The molecule has 1 aromatic carbocycles. The third-order valence-electron chi connectivity index (χ3n) is 4.58. The summed E-state index contributed by atoms with van der Waals surface area (Å²) in [5, 5.41) is 2.85. The van der Waals surface area contributed by atoms with Crippen LogP contribution >= 0.6 is 0 Å². The number of rotatable bonds is 3. The molecule has 0 fully saturated rings. The first-order valence-electron chi connectivity index (χ1n) is 8.21. The number of fused-ring (bicyclic) bond motifs is 2. The van der Waals surface area contributed by atoms with E-state index < -0.39 is 0 Å². The minimum atomic E-state index is -0.177. The second kappa shape index (κ2) is 6.21. The molecule has 0 saturated heterocycles. The van der Waals surface area contributed by atoms with Crippen molar-refractivity contribution in [1.82, 2.24) is 19.5 Å². The second-order valence-corrected chi connectivity index (χ2v) is 6.08. The number of methoxy groups -OCH3 is 2. The molecule has 0 saturated carbocycles. The average Bonchev–Trinajstić information content (AvgIpc) is 3.15. The van der Waals surface area contributed by atoms with E-state index in [9.17, 15) is 9.59 Å². The van der Waals surface area contributed by atoms with Gasteiger partial charge in [0.15, 0.2) is 5.65 Å². The Hall–Kier alpha value is -3.29. The van der Waals surface area contributed by atoms with Gasteiger partial charge in [-0.1, -0.05) is 0 Å². The van der Waals surface area contributed by atoms with Gasteiger partial charge in [0, 0.05) is 36.9 Å². The van der Waals surface area contributed by atoms with E-state index in [4.69, 9.17) is 9.47 Å². The molecule has 4 rings (SSSR count). The van der Waals surface area contributed by atoms with Crippen LogP contribution in [0.15, 0.2) is 35.3 Å². The predicted octanol–water partition coefficient (Wildman–Crippen LogP) is 1.24. The molecular formula is C18H18N4O4. The molecule has 0 unspecified atom stereocenters. The fraction of sp³-hybridized carbons (Fsp3) is 0.278. The minimum absolute atomic E-state index is 0.171. The minimum Gasteiger partial charge on any atom is -0.497 e. The molecular weight excluding hydrogens is 336 g/mol. The highest BCUT2D eigenvalue weighted by Gasteiger charge is 2.26. The number of amides is 1. The number of hydrogen-bond donors (Lipinski definition) is 1. The molecule has 8 heteroatoms. The molecule has 134 valence electrons. The number of carbonyl (C=O) groups excluding carboxylic acids is 1. The normalized spacial score (nSPS) is 13.5. The largest absolute Gasteiger partial charge is 0.497 e. The van der Waals surface area contributed by atoms with E-state index in [1.807, 2.05) is 0 Å². The van der Waals surface area contributed by atoms with Crippen molar-refractivity contribution in [3.05, 3.63) is 57.6 Å².